The van der Waals surface area contributed by atoms with Gasteiger partial charge in [0, 0.05) is 31.8 Å². The minimum Gasteiger partial charge on any atom is -0.443 e. The average molecular weight is 497 g/mol. The summed E-state index contributed by atoms with van der Waals surface area (Å²) in [5.74, 6) is 1.68. The number of nitriles is 1. The Kier molecular flexibility index (Phi) is 6.45. The second-order valence-electron chi connectivity index (χ2n) is 11.6. The fourth-order valence-corrected chi connectivity index (χ4v) is 7.00. The zero-order chi connectivity index (χ0) is 25.5. The number of hydrogen-bond acceptors (Lipinski definition) is 7. The third-order valence-electron chi connectivity index (χ3n) is 8.36. The summed E-state index contributed by atoms with van der Waals surface area (Å²) in [4.78, 5) is 27.4. The van der Waals surface area contributed by atoms with E-state index in [0.717, 1.165) is 37.9 Å². The number of ether oxygens (including phenoxy) is 2. The lowest BCUT2D eigenvalue weighted by Gasteiger charge is -2.58. The normalized spacial score (nSPS) is 31.4. The van der Waals surface area contributed by atoms with Crippen molar-refractivity contribution in [2.75, 3.05) is 31.2 Å². The van der Waals surface area contributed by atoms with Gasteiger partial charge < -0.3 is 25.4 Å². The molecule has 194 valence electrons. The Morgan fingerprint density at radius 3 is 2.64 bits per heavy atom. The molecule has 5 fully saturated rings. The van der Waals surface area contributed by atoms with E-state index in [1.807, 2.05) is 26.1 Å². The van der Waals surface area contributed by atoms with Crippen LogP contribution in [-0.4, -0.2) is 59.7 Å². The molecule has 6 rings (SSSR count). The molecule has 0 spiro atoms. The Balaban J connectivity index is 1.37. The number of allylic oxidation sites excluding steroid dienone is 1. The Bertz CT molecular complexity index is 1070. The predicted molar refractivity (Wildman–Crippen MR) is 133 cm³/mol. The monoisotopic (exact) mass is 496 g/mol. The number of nitrogens with one attached hydrogen (secondary N) is 1. The fraction of sp³-hybridized carbons (Fsp3) is 0.692. The summed E-state index contributed by atoms with van der Waals surface area (Å²) in [6.45, 7) is 6.52. The Labute approximate surface area is 211 Å². The molecule has 1 aromatic rings. The van der Waals surface area contributed by atoms with Crippen LogP contribution in [0, 0.1) is 34.5 Å². The quantitative estimate of drug-likeness (QED) is 0.592. The SMILES string of the molecule is CC(C)(/C=C/n1ncc(C(=O)N[C@H]2C3CC4CC2C[C@](OC(N)=O)(C4)C3)c1N1CCOCC1)CC#N. The van der Waals surface area contributed by atoms with Crippen LogP contribution in [0.2, 0.25) is 0 Å². The first-order valence-corrected chi connectivity index (χ1v) is 12.9. The topological polar surface area (TPSA) is 136 Å². The third kappa shape index (κ3) is 4.81. The molecule has 2 atom stereocenters. The number of carbonyl (C=O) groups is 2. The first kappa shape index (κ1) is 24.6. The van der Waals surface area contributed by atoms with Crippen LogP contribution in [0.3, 0.4) is 0 Å². The van der Waals surface area contributed by atoms with Gasteiger partial charge in [-0.25, -0.2) is 9.48 Å². The van der Waals surface area contributed by atoms with E-state index in [-0.39, 0.29) is 29.2 Å². The van der Waals surface area contributed by atoms with Crippen molar-refractivity contribution < 1.29 is 19.1 Å². The smallest absolute Gasteiger partial charge is 0.405 e. The number of nitrogens with two attached hydrogens (primary N) is 1. The number of anilines is 1. The zero-order valence-electron chi connectivity index (χ0n) is 21.1. The first-order chi connectivity index (χ1) is 17.2. The van der Waals surface area contributed by atoms with Crippen LogP contribution in [0.4, 0.5) is 10.6 Å². The van der Waals surface area contributed by atoms with E-state index in [1.165, 1.54) is 0 Å². The van der Waals surface area contributed by atoms with Crippen molar-refractivity contribution in [1.82, 2.24) is 15.1 Å². The van der Waals surface area contributed by atoms with Crippen LogP contribution < -0.4 is 16.0 Å². The van der Waals surface area contributed by atoms with E-state index < -0.39 is 11.7 Å². The second-order valence-corrected chi connectivity index (χ2v) is 11.6. The highest BCUT2D eigenvalue weighted by atomic mass is 16.6. The molecular weight excluding hydrogens is 460 g/mol. The lowest BCUT2D eigenvalue weighted by Crippen LogP contribution is -2.63. The highest BCUT2D eigenvalue weighted by Crippen LogP contribution is 2.57. The summed E-state index contributed by atoms with van der Waals surface area (Å²) in [5.41, 5.74) is 5.15. The molecule has 36 heavy (non-hydrogen) atoms. The minimum atomic E-state index is -0.703. The summed E-state index contributed by atoms with van der Waals surface area (Å²) in [6, 6.07) is 2.27. The van der Waals surface area contributed by atoms with E-state index in [4.69, 9.17) is 20.5 Å². The number of carbonyl (C=O) groups excluding carboxylic acids is 2. The van der Waals surface area contributed by atoms with Crippen LogP contribution in [0.5, 0.6) is 0 Å². The highest BCUT2D eigenvalue weighted by Gasteiger charge is 2.57. The van der Waals surface area contributed by atoms with Crippen molar-refractivity contribution >= 4 is 24.0 Å². The number of morpholine rings is 1. The van der Waals surface area contributed by atoms with Gasteiger partial charge in [-0.15, -0.1) is 0 Å². The van der Waals surface area contributed by atoms with E-state index >= 15 is 0 Å². The minimum absolute atomic E-state index is 0.0460. The summed E-state index contributed by atoms with van der Waals surface area (Å²) >= 11 is 0. The summed E-state index contributed by atoms with van der Waals surface area (Å²) in [5, 5.41) is 17.0. The van der Waals surface area contributed by atoms with Gasteiger partial charge in [0.05, 0.1) is 25.5 Å². The van der Waals surface area contributed by atoms with Crippen molar-refractivity contribution in [2.24, 2.45) is 28.9 Å². The van der Waals surface area contributed by atoms with Crippen molar-refractivity contribution in [1.29, 1.82) is 5.26 Å². The van der Waals surface area contributed by atoms with E-state index in [0.29, 0.717) is 44.2 Å². The lowest BCUT2D eigenvalue weighted by molar-refractivity contribution is -0.137. The van der Waals surface area contributed by atoms with Gasteiger partial charge in [-0.05, 0) is 55.3 Å². The molecule has 1 aliphatic heterocycles. The maximum Gasteiger partial charge on any atom is 0.405 e. The number of amides is 2. The standard InChI is InChI=1S/C26H36N6O4/c1-25(2,3-5-27)4-6-32-23(31-7-9-35-10-8-31)20(16-29-32)22(33)30-21-18-11-17-12-19(21)15-26(13-17,14-18)36-24(28)34/h4,6,16-19,21H,3,7-15H2,1-2H3,(H2,28,34)(H,30,33)/b6-4+/t17?,18?,19?,21-,26-. The van der Waals surface area contributed by atoms with Gasteiger partial charge in [-0.3, -0.25) is 4.79 Å². The lowest BCUT2D eigenvalue weighted by atomic mass is 9.52. The number of nitrogens with zero attached hydrogens (tertiary/aromatic N) is 4. The molecule has 4 aliphatic carbocycles. The highest BCUT2D eigenvalue weighted by molar-refractivity contribution is 5.99. The van der Waals surface area contributed by atoms with Crippen LogP contribution in [0.25, 0.3) is 6.20 Å². The maximum atomic E-state index is 13.7. The summed E-state index contributed by atoms with van der Waals surface area (Å²) < 4.78 is 12.9. The van der Waals surface area contributed by atoms with Gasteiger partial charge in [-0.2, -0.15) is 10.4 Å². The van der Waals surface area contributed by atoms with Gasteiger partial charge in [0.1, 0.15) is 17.0 Å². The van der Waals surface area contributed by atoms with E-state index in [9.17, 15) is 9.59 Å². The Hall–Kier alpha value is -3.06. The molecule has 0 radical (unpaired) electrons. The van der Waals surface area contributed by atoms with Gasteiger partial charge in [0.2, 0.25) is 0 Å². The number of hydrogen-bond donors (Lipinski definition) is 2. The van der Waals surface area contributed by atoms with Crippen LogP contribution in [0.15, 0.2) is 12.3 Å². The molecule has 2 heterocycles. The van der Waals surface area contributed by atoms with Crippen LogP contribution in [-0.2, 0) is 9.47 Å². The molecule has 4 saturated carbocycles. The van der Waals surface area contributed by atoms with Crippen LogP contribution in [0.1, 0.15) is 62.7 Å². The Morgan fingerprint density at radius 1 is 1.31 bits per heavy atom. The molecule has 10 heteroatoms. The molecule has 10 nitrogen and oxygen atoms in total. The molecule has 3 N–H and O–H groups in total. The van der Waals surface area contributed by atoms with Gasteiger partial charge in [0.15, 0.2) is 0 Å². The van der Waals surface area contributed by atoms with Crippen LogP contribution >= 0.6 is 0 Å². The zero-order valence-corrected chi connectivity index (χ0v) is 21.1. The molecule has 2 amide bonds. The van der Waals surface area contributed by atoms with Crippen molar-refractivity contribution in [3.63, 3.8) is 0 Å². The Morgan fingerprint density at radius 2 is 2.00 bits per heavy atom. The molecule has 2 unspecified atom stereocenters. The average Bonchev–Trinajstić information content (AvgIpc) is 3.23. The molecule has 5 aliphatic rings. The summed E-state index contributed by atoms with van der Waals surface area (Å²) in [7, 11) is 0. The molecule has 4 bridgehead atoms. The summed E-state index contributed by atoms with van der Waals surface area (Å²) in [6.07, 6.45) is 9.60. The van der Waals surface area contributed by atoms with Crippen molar-refractivity contribution in [2.45, 2.75) is 64.0 Å². The maximum absolute atomic E-state index is 13.7. The van der Waals surface area contributed by atoms with Crippen molar-refractivity contribution in [3.05, 3.63) is 17.8 Å². The largest absolute Gasteiger partial charge is 0.443 e. The van der Waals surface area contributed by atoms with Crippen molar-refractivity contribution in [3.8, 4) is 6.07 Å². The van der Waals surface area contributed by atoms with E-state index in [1.54, 1.807) is 10.9 Å². The number of rotatable bonds is 7. The second kappa shape index (κ2) is 9.43. The fourth-order valence-electron chi connectivity index (χ4n) is 7.00. The predicted octanol–water partition coefficient (Wildman–Crippen LogP) is 2.90. The third-order valence-corrected chi connectivity index (χ3v) is 8.36. The molecule has 0 aromatic carbocycles. The van der Waals surface area contributed by atoms with Gasteiger partial charge >= 0.3 is 6.09 Å². The first-order valence-electron chi connectivity index (χ1n) is 12.9. The molecular formula is C26H36N6O4. The molecule has 1 aromatic heterocycles. The van der Waals surface area contributed by atoms with Gasteiger partial charge in [-0.1, -0.05) is 19.9 Å². The number of primary amides is 1. The molecule has 1 saturated heterocycles. The van der Waals surface area contributed by atoms with E-state index in [2.05, 4.69) is 21.4 Å². The number of aromatic nitrogens is 2. The van der Waals surface area contributed by atoms with Gasteiger partial charge in [0.25, 0.3) is 5.91 Å².